The second-order valence-electron chi connectivity index (χ2n) is 6.14. The highest BCUT2D eigenvalue weighted by molar-refractivity contribution is 6.35. The van der Waals surface area contributed by atoms with Crippen molar-refractivity contribution in [1.29, 1.82) is 0 Å². The summed E-state index contributed by atoms with van der Waals surface area (Å²) in [7, 11) is 0. The molecule has 0 saturated heterocycles. The molecule has 0 saturated carbocycles. The maximum absolute atomic E-state index is 12.7. The first-order valence-electron chi connectivity index (χ1n) is 9.38. The second kappa shape index (κ2) is 9.54. The number of aromatic nitrogens is 2. The largest absolute Gasteiger partial charge is 0.457 e. The average molecular weight is 465 g/mol. The van der Waals surface area contributed by atoms with E-state index in [9.17, 15) is 13.2 Å². The molecule has 3 nitrogen and oxygen atoms in total. The summed E-state index contributed by atoms with van der Waals surface area (Å²) >= 11 is 12.0. The van der Waals surface area contributed by atoms with Gasteiger partial charge in [0, 0.05) is 10.9 Å². The Morgan fingerprint density at radius 1 is 0.839 bits per heavy atom. The van der Waals surface area contributed by atoms with Crippen molar-refractivity contribution in [3.63, 3.8) is 0 Å². The van der Waals surface area contributed by atoms with Gasteiger partial charge in [0.25, 0.3) is 0 Å². The van der Waals surface area contributed by atoms with Gasteiger partial charge in [-0.25, -0.2) is 9.97 Å². The van der Waals surface area contributed by atoms with Gasteiger partial charge in [0.1, 0.15) is 16.7 Å². The van der Waals surface area contributed by atoms with E-state index in [0.29, 0.717) is 22.4 Å². The van der Waals surface area contributed by atoms with Crippen LogP contribution in [0.25, 0.3) is 22.0 Å². The summed E-state index contributed by atoms with van der Waals surface area (Å²) in [5.74, 6) is 0.775. The first kappa shape index (κ1) is 22.8. The minimum absolute atomic E-state index is 0.0361. The number of hydrogen-bond donors (Lipinski definition) is 0. The van der Waals surface area contributed by atoms with Crippen molar-refractivity contribution in [2.45, 2.75) is 20.0 Å². The van der Waals surface area contributed by atoms with Gasteiger partial charge in [-0.2, -0.15) is 13.2 Å². The summed E-state index contributed by atoms with van der Waals surface area (Å²) < 4.78 is 44.1. The van der Waals surface area contributed by atoms with E-state index in [1.54, 1.807) is 24.3 Å². The van der Waals surface area contributed by atoms with Crippen LogP contribution < -0.4 is 4.74 Å². The number of nitrogens with zero attached hydrogens (tertiary/aromatic N) is 2. The Morgan fingerprint density at radius 2 is 1.52 bits per heavy atom. The van der Waals surface area contributed by atoms with Crippen LogP contribution in [0, 0.1) is 0 Å². The third kappa shape index (κ3) is 5.27. The molecular weight excluding hydrogens is 448 g/mol. The molecule has 0 amide bonds. The highest BCUT2D eigenvalue weighted by Gasteiger charge is 2.30. The summed E-state index contributed by atoms with van der Waals surface area (Å²) in [5, 5.41) is 0.940. The lowest BCUT2D eigenvalue weighted by molar-refractivity contribution is -0.137. The molecule has 0 aliphatic carbocycles. The second-order valence-corrected chi connectivity index (χ2v) is 6.83. The molecular formula is C23H17Cl2F3N2O. The van der Waals surface area contributed by atoms with Gasteiger partial charge in [-0.3, -0.25) is 0 Å². The minimum Gasteiger partial charge on any atom is -0.457 e. The molecule has 0 aliphatic heterocycles. The molecule has 4 aromatic rings. The predicted molar refractivity (Wildman–Crippen MR) is 118 cm³/mol. The van der Waals surface area contributed by atoms with E-state index in [-0.39, 0.29) is 10.4 Å². The van der Waals surface area contributed by atoms with Gasteiger partial charge >= 0.3 is 6.18 Å². The Labute approximate surface area is 187 Å². The van der Waals surface area contributed by atoms with E-state index in [4.69, 9.17) is 27.9 Å². The monoisotopic (exact) mass is 464 g/mol. The molecule has 0 N–H and O–H groups in total. The molecule has 31 heavy (non-hydrogen) atoms. The quantitative estimate of drug-likeness (QED) is 0.225. The summed E-state index contributed by atoms with van der Waals surface area (Å²) in [6.45, 7) is 4.00. The fraction of sp³-hybridized carbons (Fsp3) is 0.130. The van der Waals surface area contributed by atoms with Crippen molar-refractivity contribution >= 4 is 34.1 Å². The number of halogens is 5. The van der Waals surface area contributed by atoms with E-state index in [1.807, 2.05) is 32.0 Å². The van der Waals surface area contributed by atoms with E-state index < -0.39 is 11.7 Å². The van der Waals surface area contributed by atoms with Crippen molar-refractivity contribution in [3.05, 3.63) is 82.7 Å². The zero-order chi connectivity index (χ0) is 22.6. The van der Waals surface area contributed by atoms with Gasteiger partial charge in [-0.1, -0.05) is 49.7 Å². The smallest absolute Gasteiger partial charge is 0.416 e. The lowest BCUT2D eigenvalue weighted by Gasteiger charge is -2.13. The highest BCUT2D eigenvalue weighted by atomic mass is 35.5. The Kier molecular flexibility index (Phi) is 7.03. The van der Waals surface area contributed by atoms with Gasteiger partial charge in [0.05, 0.1) is 11.1 Å². The van der Waals surface area contributed by atoms with Crippen LogP contribution in [-0.4, -0.2) is 9.97 Å². The van der Waals surface area contributed by atoms with E-state index in [0.717, 1.165) is 23.3 Å². The molecule has 0 fully saturated rings. The van der Waals surface area contributed by atoms with Crippen LogP contribution in [-0.2, 0) is 6.18 Å². The standard InChI is InChI=1S/C21H11Cl2F3N2O.C2H6/c22-19-16-10-5-12(11-17(16)27-20(23)28-19)15-3-1-2-4-18(15)29-14-8-6-13(7-9-14)21(24,25)26;1-2/h1-11H;1-2H3. The van der Waals surface area contributed by atoms with Crippen LogP contribution in [0.3, 0.4) is 0 Å². The molecule has 1 heterocycles. The van der Waals surface area contributed by atoms with E-state index in [1.165, 1.54) is 12.1 Å². The average Bonchev–Trinajstić information content (AvgIpc) is 2.75. The number of rotatable bonds is 3. The number of ether oxygens (including phenoxy) is 1. The maximum atomic E-state index is 12.7. The molecule has 3 aromatic carbocycles. The van der Waals surface area contributed by atoms with Gasteiger partial charge in [-0.05, 0) is 59.6 Å². The SMILES string of the molecule is CC.FC(F)(F)c1ccc(Oc2ccccc2-c2ccc3c(Cl)nc(Cl)nc3c2)cc1. The zero-order valence-electron chi connectivity index (χ0n) is 16.5. The van der Waals surface area contributed by atoms with Crippen molar-refractivity contribution in [2.75, 3.05) is 0 Å². The first-order valence-corrected chi connectivity index (χ1v) is 10.1. The van der Waals surface area contributed by atoms with Crippen molar-refractivity contribution < 1.29 is 17.9 Å². The van der Waals surface area contributed by atoms with Crippen LogP contribution in [0.1, 0.15) is 19.4 Å². The Bertz CT molecular complexity index is 1200. The highest BCUT2D eigenvalue weighted by Crippen LogP contribution is 2.36. The van der Waals surface area contributed by atoms with Gasteiger partial charge in [0.2, 0.25) is 5.28 Å². The molecule has 0 radical (unpaired) electrons. The summed E-state index contributed by atoms with van der Waals surface area (Å²) in [4.78, 5) is 8.11. The van der Waals surface area contributed by atoms with Crippen molar-refractivity contribution in [3.8, 4) is 22.6 Å². The Morgan fingerprint density at radius 3 is 2.19 bits per heavy atom. The van der Waals surface area contributed by atoms with Crippen molar-refractivity contribution in [2.24, 2.45) is 0 Å². The number of benzene rings is 3. The number of fused-ring (bicyclic) bond motifs is 1. The molecule has 0 atom stereocenters. The minimum atomic E-state index is -4.40. The zero-order valence-corrected chi connectivity index (χ0v) is 18.1. The molecule has 4 rings (SSSR count). The van der Waals surface area contributed by atoms with Crippen LogP contribution in [0.4, 0.5) is 13.2 Å². The predicted octanol–water partition coefficient (Wildman–Crippen LogP) is 8.44. The van der Waals surface area contributed by atoms with Crippen LogP contribution in [0.5, 0.6) is 11.5 Å². The van der Waals surface area contributed by atoms with Crippen molar-refractivity contribution in [1.82, 2.24) is 9.97 Å². The summed E-state index contributed by atoms with van der Waals surface area (Å²) in [6.07, 6.45) is -4.40. The van der Waals surface area contributed by atoms with Crippen LogP contribution in [0.2, 0.25) is 10.4 Å². The van der Waals surface area contributed by atoms with Gasteiger partial charge in [-0.15, -0.1) is 0 Å². The molecule has 8 heteroatoms. The lowest BCUT2D eigenvalue weighted by Crippen LogP contribution is -2.04. The lowest BCUT2D eigenvalue weighted by atomic mass is 10.0. The van der Waals surface area contributed by atoms with E-state index >= 15 is 0 Å². The third-order valence-corrected chi connectivity index (χ3v) is 4.69. The molecule has 0 unspecified atom stereocenters. The number of para-hydroxylation sites is 1. The van der Waals surface area contributed by atoms with Crippen LogP contribution in [0.15, 0.2) is 66.7 Å². The molecule has 1 aromatic heterocycles. The molecule has 0 bridgehead atoms. The van der Waals surface area contributed by atoms with Gasteiger partial charge in [0.15, 0.2) is 0 Å². The fourth-order valence-electron chi connectivity index (χ4n) is 2.86. The Balaban J connectivity index is 0.00000132. The third-order valence-electron chi connectivity index (χ3n) is 4.23. The fourth-order valence-corrected chi connectivity index (χ4v) is 3.32. The van der Waals surface area contributed by atoms with Gasteiger partial charge < -0.3 is 4.74 Å². The molecule has 0 aliphatic rings. The number of alkyl halides is 3. The topological polar surface area (TPSA) is 35.0 Å². The first-order chi connectivity index (χ1) is 14.8. The summed E-state index contributed by atoms with van der Waals surface area (Å²) in [5.41, 5.74) is 1.35. The maximum Gasteiger partial charge on any atom is 0.416 e. The normalized spacial score (nSPS) is 11.1. The number of hydrogen-bond acceptors (Lipinski definition) is 3. The molecule has 160 valence electrons. The van der Waals surface area contributed by atoms with Crippen LogP contribution >= 0.6 is 23.2 Å². The Hall–Kier alpha value is -2.83. The van der Waals surface area contributed by atoms with E-state index in [2.05, 4.69) is 9.97 Å². The molecule has 0 spiro atoms. The summed E-state index contributed by atoms with van der Waals surface area (Å²) in [6, 6.07) is 17.1.